The number of nitrogens with one attached hydrogen (secondary N) is 1. The quantitative estimate of drug-likeness (QED) is 0.915. The van der Waals surface area contributed by atoms with E-state index in [1.165, 1.54) is 35.3 Å². The van der Waals surface area contributed by atoms with E-state index in [1.807, 2.05) is 12.3 Å². The summed E-state index contributed by atoms with van der Waals surface area (Å²) in [5.41, 5.74) is 2.36. The van der Waals surface area contributed by atoms with Crippen molar-refractivity contribution in [1.82, 2.24) is 10.3 Å². The molecule has 0 spiro atoms. The second-order valence-electron chi connectivity index (χ2n) is 4.83. The van der Waals surface area contributed by atoms with Crippen molar-refractivity contribution in [2.24, 2.45) is 0 Å². The summed E-state index contributed by atoms with van der Waals surface area (Å²) in [7, 11) is 0. The van der Waals surface area contributed by atoms with Gasteiger partial charge in [-0.3, -0.25) is 4.98 Å². The van der Waals surface area contributed by atoms with Crippen LogP contribution in [0.4, 0.5) is 0 Å². The van der Waals surface area contributed by atoms with E-state index in [4.69, 9.17) is 0 Å². The molecule has 2 nitrogen and oxygen atoms in total. The molecule has 0 saturated carbocycles. The third-order valence-corrected chi connectivity index (χ3v) is 4.62. The molecule has 1 aromatic heterocycles. The molecular formula is C15H18N2S. The lowest BCUT2D eigenvalue weighted by Crippen LogP contribution is -2.33. The average molecular weight is 258 g/mol. The Morgan fingerprint density at radius 3 is 3.17 bits per heavy atom. The van der Waals surface area contributed by atoms with E-state index in [0.29, 0.717) is 6.04 Å². The number of aromatic nitrogens is 1. The first-order valence-corrected chi connectivity index (χ1v) is 7.72. The van der Waals surface area contributed by atoms with E-state index in [-0.39, 0.29) is 0 Å². The number of fused-ring (bicyclic) bond motifs is 1. The molecule has 1 fully saturated rings. The molecule has 1 N–H and O–H groups in total. The molecule has 1 atom stereocenters. The monoisotopic (exact) mass is 258 g/mol. The van der Waals surface area contributed by atoms with E-state index in [1.54, 1.807) is 0 Å². The van der Waals surface area contributed by atoms with Crippen molar-refractivity contribution in [3.63, 3.8) is 0 Å². The molecule has 2 aromatic rings. The number of rotatable bonds is 3. The third-order valence-electron chi connectivity index (χ3n) is 3.40. The number of para-hydroxylation sites is 1. The highest BCUT2D eigenvalue weighted by Gasteiger charge is 2.12. The molecule has 0 unspecified atom stereocenters. The van der Waals surface area contributed by atoms with Gasteiger partial charge in [0, 0.05) is 29.9 Å². The number of hydrogen-bond donors (Lipinski definition) is 1. The van der Waals surface area contributed by atoms with Crippen LogP contribution in [0.25, 0.3) is 10.9 Å². The smallest absolute Gasteiger partial charge is 0.0702 e. The second-order valence-corrected chi connectivity index (χ2v) is 5.98. The minimum Gasteiger partial charge on any atom is -0.309 e. The predicted molar refractivity (Wildman–Crippen MR) is 78.9 cm³/mol. The molecule has 0 radical (unpaired) electrons. The van der Waals surface area contributed by atoms with E-state index >= 15 is 0 Å². The Hall–Kier alpha value is -1.06. The van der Waals surface area contributed by atoms with Gasteiger partial charge in [-0.2, -0.15) is 11.8 Å². The van der Waals surface area contributed by atoms with Crippen LogP contribution in [0.15, 0.2) is 36.5 Å². The number of nitrogens with zero attached hydrogens (tertiary/aromatic N) is 1. The fourth-order valence-corrected chi connectivity index (χ4v) is 3.48. The molecule has 94 valence electrons. The highest BCUT2D eigenvalue weighted by atomic mass is 32.2. The van der Waals surface area contributed by atoms with Gasteiger partial charge in [0.2, 0.25) is 0 Å². The Morgan fingerprint density at radius 1 is 1.33 bits per heavy atom. The van der Waals surface area contributed by atoms with E-state index in [0.717, 1.165) is 12.1 Å². The Labute approximate surface area is 112 Å². The van der Waals surface area contributed by atoms with Gasteiger partial charge in [-0.15, -0.1) is 0 Å². The SMILES string of the molecule is c1ccc2ncc(CN[C@@H]3CCCSC3)cc2c1. The largest absolute Gasteiger partial charge is 0.309 e. The zero-order chi connectivity index (χ0) is 12.2. The molecule has 3 rings (SSSR count). The van der Waals surface area contributed by atoms with Crippen molar-refractivity contribution < 1.29 is 0 Å². The van der Waals surface area contributed by atoms with Gasteiger partial charge >= 0.3 is 0 Å². The van der Waals surface area contributed by atoms with E-state index in [2.05, 4.69) is 46.3 Å². The number of thioether (sulfide) groups is 1. The van der Waals surface area contributed by atoms with Crippen molar-refractivity contribution in [2.75, 3.05) is 11.5 Å². The van der Waals surface area contributed by atoms with Crippen LogP contribution in [0.2, 0.25) is 0 Å². The Morgan fingerprint density at radius 2 is 2.28 bits per heavy atom. The van der Waals surface area contributed by atoms with Crippen LogP contribution in [0.5, 0.6) is 0 Å². The van der Waals surface area contributed by atoms with Crippen LogP contribution in [0.1, 0.15) is 18.4 Å². The predicted octanol–water partition coefficient (Wildman–Crippen LogP) is 3.22. The highest BCUT2D eigenvalue weighted by molar-refractivity contribution is 7.99. The second kappa shape index (κ2) is 5.72. The Balaban J connectivity index is 1.66. The van der Waals surface area contributed by atoms with Crippen LogP contribution >= 0.6 is 11.8 Å². The van der Waals surface area contributed by atoms with Crippen LogP contribution in [0, 0.1) is 0 Å². The van der Waals surface area contributed by atoms with Crippen molar-refractivity contribution in [1.29, 1.82) is 0 Å². The minimum absolute atomic E-state index is 0.676. The maximum atomic E-state index is 4.50. The fraction of sp³-hybridized carbons (Fsp3) is 0.400. The molecule has 0 aliphatic carbocycles. The number of benzene rings is 1. The summed E-state index contributed by atoms with van der Waals surface area (Å²) in [6.45, 7) is 0.934. The summed E-state index contributed by atoms with van der Waals surface area (Å²) in [6.07, 6.45) is 4.65. The zero-order valence-electron chi connectivity index (χ0n) is 10.4. The Kier molecular flexibility index (Phi) is 3.81. The average Bonchev–Trinajstić information content (AvgIpc) is 2.46. The molecule has 2 heterocycles. The molecule has 1 saturated heterocycles. The summed E-state index contributed by atoms with van der Waals surface area (Å²) in [5, 5.41) is 4.87. The first kappa shape index (κ1) is 12.0. The van der Waals surface area contributed by atoms with Crippen LogP contribution in [-0.4, -0.2) is 22.5 Å². The first-order valence-electron chi connectivity index (χ1n) is 6.56. The van der Waals surface area contributed by atoms with Crippen molar-refractivity contribution in [2.45, 2.75) is 25.4 Å². The van der Waals surface area contributed by atoms with Crippen LogP contribution in [0.3, 0.4) is 0 Å². The van der Waals surface area contributed by atoms with E-state index < -0.39 is 0 Å². The van der Waals surface area contributed by atoms with Crippen molar-refractivity contribution >= 4 is 22.7 Å². The molecular weight excluding hydrogens is 240 g/mol. The van der Waals surface area contributed by atoms with Gasteiger partial charge in [0.1, 0.15) is 0 Å². The van der Waals surface area contributed by atoms with Gasteiger partial charge in [-0.05, 0) is 36.3 Å². The number of pyridine rings is 1. The summed E-state index contributed by atoms with van der Waals surface area (Å²) in [6, 6.07) is 11.2. The summed E-state index contributed by atoms with van der Waals surface area (Å²) < 4.78 is 0. The Bertz CT molecular complexity index is 521. The number of hydrogen-bond acceptors (Lipinski definition) is 3. The van der Waals surface area contributed by atoms with Crippen molar-refractivity contribution in [3.05, 3.63) is 42.1 Å². The lowest BCUT2D eigenvalue weighted by Gasteiger charge is -2.22. The molecule has 1 aliphatic rings. The zero-order valence-corrected chi connectivity index (χ0v) is 11.2. The summed E-state index contributed by atoms with van der Waals surface area (Å²) >= 11 is 2.06. The third kappa shape index (κ3) is 2.85. The van der Waals surface area contributed by atoms with Crippen LogP contribution < -0.4 is 5.32 Å². The molecule has 0 bridgehead atoms. The topological polar surface area (TPSA) is 24.9 Å². The first-order chi connectivity index (χ1) is 8.92. The fourth-order valence-electron chi connectivity index (χ4n) is 2.38. The van der Waals surface area contributed by atoms with E-state index in [9.17, 15) is 0 Å². The minimum atomic E-state index is 0.676. The van der Waals surface area contributed by atoms with Gasteiger partial charge in [0.05, 0.1) is 5.52 Å². The molecule has 3 heteroatoms. The van der Waals surface area contributed by atoms with Crippen molar-refractivity contribution in [3.8, 4) is 0 Å². The van der Waals surface area contributed by atoms with Gasteiger partial charge in [0.15, 0.2) is 0 Å². The lowest BCUT2D eigenvalue weighted by molar-refractivity contribution is 0.507. The van der Waals surface area contributed by atoms with Gasteiger partial charge in [0.25, 0.3) is 0 Å². The lowest BCUT2D eigenvalue weighted by atomic mass is 10.1. The summed E-state index contributed by atoms with van der Waals surface area (Å²) in [4.78, 5) is 4.50. The van der Waals surface area contributed by atoms with Gasteiger partial charge in [-0.25, -0.2) is 0 Å². The summed E-state index contributed by atoms with van der Waals surface area (Å²) in [5.74, 6) is 2.58. The molecule has 0 amide bonds. The maximum Gasteiger partial charge on any atom is 0.0702 e. The maximum absolute atomic E-state index is 4.50. The van der Waals surface area contributed by atoms with Crippen LogP contribution in [-0.2, 0) is 6.54 Å². The molecule has 18 heavy (non-hydrogen) atoms. The molecule has 1 aromatic carbocycles. The standard InChI is InChI=1S/C15H18N2S/c1-2-6-15-13(4-1)8-12(10-17-15)9-16-14-5-3-7-18-11-14/h1-2,4,6,8,10,14,16H,3,5,7,9,11H2/t14-/m1/s1. The normalized spacial score (nSPS) is 20.1. The van der Waals surface area contributed by atoms with Gasteiger partial charge < -0.3 is 5.32 Å². The van der Waals surface area contributed by atoms with Gasteiger partial charge in [-0.1, -0.05) is 18.2 Å². The highest BCUT2D eigenvalue weighted by Crippen LogP contribution is 2.18. The molecule has 1 aliphatic heterocycles.